The standard InChI is InChI=1S/C13H18N6O3S/c1-18(23(3,21)22)9-13(20)16-7-10-6-11(17-19(10)2)12-8-14-4-5-15-12/h4-6,8H,7,9H2,1-3H3,(H,16,20). The number of hydrogen-bond acceptors (Lipinski definition) is 6. The average molecular weight is 338 g/mol. The van der Waals surface area contributed by atoms with E-state index in [0.29, 0.717) is 11.4 Å². The van der Waals surface area contributed by atoms with Crippen molar-refractivity contribution in [3.8, 4) is 11.4 Å². The molecule has 0 atom stereocenters. The number of sulfonamides is 1. The van der Waals surface area contributed by atoms with Crippen molar-refractivity contribution >= 4 is 15.9 Å². The fourth-order valence-corrected chi connectivity index (χ4v) is 2.14. The molecule has 0 saturated carbocycles. The minimum Gasteiger partial charge on any atom is -0.349 e. The molecule has 23 heavy (non-hydrogen) atoms. The average Bonchev–Trinajstić information content (AvgIpc) is 2.86. The Morgan fingerprint density at radius 3 is 2.70 bits per heavy atom. The Kier molecular flexibility index (Phi) is 5.06. The quantitative estimate of drug-likeness (QED) is 0.752. The van der Waals surface area contributed by atoms with E-state index in [9.17, 15) is 13.2 Å². The molecule has 0 bridgehead atoms. The van der Waals surface area contributed by atoms with Crippen molar-refractivity contribution < 1.29 is 13.2 Å². The zero-order chi connectivity index (χ0) is 17.0. The zero-order valence-electron chi connectivity index (χ0n) is 13.1. The molecule has 0 aliphatic carbocycles. The molecule has 1 N–H and O–H groups in total. The van der Waals surface area contributed by atoms with Gasteiger partial charge in [0.1, 0.15) is 11.4 Å². The highest BCUT2D eigenvalue weighted by Crippen LogP contribution is 2.14. The van der Waals surface area contributed by atoms with Crippen molar-refractivity contribution in [3.63, 3.8) is 0 Å². The van der Waals surface area contributed by atoms with Gasteiger partial charge in [-0.1, -0.05) is 0 Å². The maximum atomic E-state index is 11.8. The second-order valence-corrected chi connectivity index (χ2v) is 7.12. The molecule has 0 aliphatic rings. The van der Waals surface area contributed by atoms with Gasteiger partial charge in [0, 0.05) is 26.5 Å². The van der Waals surface area contributed by atoms with Crippen LogP contribution in [0.4, 0.5) is 0 Å². The molecular weight excluding hydrogens is 320 g/mol. The Balaban J connectivity index is 1.99. The molecule has 1 amide bonds. The van der Waals surface area contributed by atoms with Crippen molar-refractivity contribution in [1.82, 2.24) is 29.4 Å². The van der Waals surface area contributed by atoms with E-state index in [4.69, 9.17) is 0 Å². The van der Waals surface area contributed by atoms with Crippen LogP contribution in [0.25, 0.3) is 11.4 Å². The molecule has 0 unspecified atom stereocenters. The van der Waals surface area contributed by atoms with E-state index in [-0.39, 0.29) is 19.0 Å². The summed E-state index contributed by atoms with van der Waals surface area (Å²) in [6, 6.07) is 1.80. The summed E-state index contributed by atoms with van der Waals surface area (Å²) in [5, 5.41) is 6.98. The molecule has 0 saturated heterocycles. The highest BCUT2D eigenvalue weighted by atomic mass is 32.2. The van der Waals surface area contributed by atoms with E-state index in [1.807, 2.05) is 0 Å². The Morgan fingerprint density at radius 2 is 2.09 bits per heavy atom. The Morgan fingerprint density at radius 1 is 1.35 bits per heavy atom. The summed E-state index contributed by atoms with van der Waals surface area (Å²) < 4.78 is 25.2. The first-order valence-corrected chi connectivity index (χ1v) is 8.59. The zero-order valence-corrected chi connectivity index (χ0v) is 13.9. The van der Waals surface area contributed by atoms with Crippen LogP contribution in [0.1, 0.15) is 5.69 Å². The number of nitrogens with zero attached hydrogens (tertiary/aromatic N) is 5. The smallest absolute Gasteiger partial charge is 0.235 e. The van der Waals surface area contributed by atoms with Crippen molar-refractivity contribution in [2.24, 2.45) is 7.05 Å². The van der Waals surface area contributed by atoms with Crippen LogP contribution in [0.3, 0.4) is 0 Å². The third-order valence-corrected chi connectivity index (χ3v) is 4.46. The lowest BCUT2D eigenvalue weighted by Crippen LogP contribution is -2.37. The number of carbonyl (C=O) groups is 1. The molecular formula is C13H18N6O3S. The van der Waals surface area contributed by atoms with Crippen LogP contribution in [-0.2, 0) is 28.4 Å². The number of hydrogen-bond donors (Lipinski definition) is 1. The first kappa shape index (κ1) is 17.0. The number of carbonyl (C=O) groups excluding carboxylic acids is 1. The monoisotopic (exact) mass is 338 g/mol. The van der Waals surface area contributed by atoms with Gasteiger partial charge in [0.15, 0.2) is 0 Å². The Bertz CT molecular complexity index is 787. The fraction of sp³-hybridized carbons (Fsp3) is 0.385. The van der Waals surface area contributed by atoms with Gasteiger partial charge in [0.05, 0.1) is 31.2 Å². The first-order valence-electron chi connectivity index (χ1n) is 6.74. The van der Waals surface area contributed by atoms with Gasteiger partial charge in [-0.2, -0.15) is 9.40 Å². The lowest BCUT2D eigenvalue weighted by molar-refractivity contribution is -0.121. The van der Waals surface area contributed by atoms with Crippen LogP contribution in [0.2, 0.25) is 0 Å². The highest BCUT2D eigenvalue weighted by molar-refractivity contribution is 7.88. The van der Waals surface area contributed by atoms with Gasteiger partial charge in [-0.15, -0.1) is 0 Å². The molecule has 2 aromatic heterocycles. The normalized spacial score (nSPS) is 11.7. The van der Waals surface area contributed by atoms with E-state index >= 15 is 0 Å². The molecule has 2 rings (SSSR count). The molecule has 2 heterocycles. The predicted molar refractivity (Wildman–Crippen MR) is 83.6 cm³/mol. The van der Waals surface area contributed by atoms with Gasteiger partial charge in [-0.25, -0.2) is 8.42 Å². The number of nitrogens with one attached hydrogen (secondary N) is 1. The Hall–Kier alpha value is -2.33. The van der Waals surface area contributed by atoms with Crippen molar-refractivity contribution in [2.45, 2.75) is 6.54 Å². The molecule has 9 nitrogen and oxygen atoms in total. The summed E-state index contributed by atoms with van der Waals surface area (Å²) in [7, 11) is -0.275. The molecule has 0 aromatic carbocycles. The van der Waals surface area contributed by atoms with Crippen LogP contribution in [0, 0.1) is 0 Å². The van der Waals surface area contributed by atoms with E-state index in [1.54, 1.807) is 36.4 Å². The first-order chi connectivity index (χ1) is 10.8. The largest absolute Gasteiger partial charge is 0.349 e. The second-order valence-electron chi connectivity index (χ2n) is 5.03. The number of likely N-dealkylation sites (N-methyl/N-ethyl adjacent to an activating group) is 1. The van der Waals surface area contributed by atoms with Crippen LogP contribution in [0.5, 0.6) is 0 Å². The summed E-state index contributed by atoms with van der Waals surface area (Å²) >= 11 is 0. The maximum Gasteiger partial charge on any atom is 0.235 e. The van der Waals surface area contributed by atoms with Gasteiger partial charge in [-0.3, -0.25) is 19.4 Å². The van der Waals surface area contributed by atoms with Crippen LogP contribution < -0.4 is 5.32 Å². The number of aromatic nitrogens is 4. The molecule has 0 aliphatic heterocycles. The predicted octanol–water partition coefficient (Wildman–Crippen LogP) is -0.615. The number of rotatable bonds is 6. The maximum absolute atomic E-state index is 11.8. The van der Waals surface area contributed by atoms with Crippen LogP contribution in [0.15, 0.2) is 24.7 Å². The van der Waals surface area contributed by atoms with E-state index in [2.05, 4.69) is 20.4 Å². The summed E-state index contributed by atoms with van der Waals surface area (Å²) in [5.74, 6) is -0.389. The lowest BCUT2D eigenvalue weighted by Gasteiger charge is -2.13. The van der Waals surface area contributed by atoms with Gasteiger partial charge in [-0.05, 0) is 6.07 Å². The lowest BCUT2D eigenvalue weighted by atomic mass is 10.3. The van der Waals surface area contributed by atoms with Gasteiger partial charge in [0.25, 0.3) is 0 Å². The Labute approximate surface area is 134 Å². The number of aryl methyl sites for hydroxylation is 1. The second kappa shape index (κ2) is 6.84. The topological polar surface area (TPSA) is 110 Å². The van der Waals surface area contributed by atoms with Gasteiger partial charge < -0.3 is 5.32 Å². The highest BCUT2D eigenvalue weighted by Gasteiger charge is 2.15. The summed E-state index contributed by atoms with van der Waals surface area (Å²) in [6.07, 6.45) is 5.80. The van der Waals surface area contributed by atoms with Crippen LogP contribution in [-0.4, -0.2) is 58.2 Å². The van der Waals surface area contributed by atoms with Gasteiger partial charge >= 0.3 is 0 Å². The number of amides is 1. The fourth-order valence-electron chi connectivity index (χ4n) is 1.79. The van der Waals surface area contributed by atoms with Gasteiger partial charge in [0.2, 0.25) is 15.9 Å². The van der Waals surface area contributed by atoms with Crippen LogP contribution >= 0.6 is 0 Å². The molecule has 2 aromatic rings. The molecule has 0 fully saturated rings. The summed E-state index contributed by atoms with van der Waals surface area (Å²) in [4.78, 5) is 19.9. The minimum absolute atomic E-state index is 0.228. The van der Waals surface area contributed by atoms with E-state index < -0.39 is 10.0 Å². The molecule has 124 valence electrons. The van der Waals surface area contributed by atoms with Crippen molar-refractivity contribution in [2.75, 3.05) is 19.8 Å². The van der Waals surface area contributed by atoms with E-state index in [0.717, 1.165) is 16.3 Å². The third kappa shape index (κ3) is 4.57. The molecule has 0 radical (unpaired) electrons. The summed E-state index contributed by atoms with van der Waals surface area (Å²) in [5.41, 5.74) is 2.05. The minimum atomic E-state index is -3.38. The molecule has 10 heteroatoms. The SMILES string of the molecule is CN(CC(=O)NCc1cc(-c2cnccn2)nn1C)S(C)(=O)=O. The van der Waals surface area contributed by atoms with E-state index in [1.165, 1.54) is 7.05 Å². The van der Waals surface area contributed by atoms with Crippen molar-refractivity contribution in [1.29, 1.82) is 0 Å². The summed E-state index contributed by atoms with van der Waals surface area (Å²) in [6.45, 7) is 0.00784. The van der Waals surface area contributed by atoms with Crippen molar-refractivity contribution in [3.05, 3.63) is 30.4 Å². The third-order valence-electron chi connectivity index (χ3n) is 3.20. The molecule has 0 spiro atoms.